The number of phosphoric ester groups is 1. The predicted molar refractivity (Wildman–Crippen MR) is 69.3 cm³/mol. The average Bonchev–Trinajstić information content (AvgIpc) is 2.23. The Kier molecular flexibility index (Phi) is 5.56. The molecule has 0 aliphatic heterocycles. The van der Waals surface area contributed by atoms with Gasteiger partial charge in [-0.05, 0) is 31.1 Å². The molecule has 2 N–H and O–H groups in total. The Morgan fingerprint density at radius 2 is 1.74 bits per heavy atom. The van der Waals surface area contributed by atoms with Gasteiger partial charge in [-0.1, -0.05) is 20.8 Å². The fraction of sp³-hybridized carbons (Fsp3) is 0.917. The van der Waals surface area contributed by atoms with Crippen LogP contribution >= 0.6 is 7.82 Å². The van der Waals surface area contributed by atoms with Crippen LogP contribution in [0.1, 0.15) is 46.5 Å². The van der Waals surface area contributed by atoms with Crippen molar-refractivity contribution in [1.29, 1.82) is 0 Å². The van der Waals surface area contributed by atoms with Gasteiger partial charge in [0.25, 0.3) is 0 Å². The van der Waals surface area contributed by atoms with Gasteiger partial charge < -0.3 is 14.5 Å². The minimum absolute atomic E-state index is 0.0591. The summed E-state index contributed by atoms with van der Waals surface area (Å²) in [6, 6.07) is 0. The zero-order valence-corrected chi connectivity index (χ0v) is 12.6. The first kappa shape index (κ1) is 16.6. The first-order valence-corrected chi connectivity index (χ1v) is 8.00. The van der Waals surface area contributed by atoms with Gasteiger partial charge in [-0.2, -0.15) is 0 Å². The number of esters is 1. The van der Waals surface area contributed by atoms with Crippen LogP contribution in [-0.2, 0) is 18.6 Å². The predicted octanol–water partition coefficient (Wildman–Crippen LogP) is 2.24. The minimum Gasteiger partial charge on any atom is -0.465 e. The molecule has 0 aromatic carbocycles. The van der Waals surface area contributed by atoms with Crippen LogP contribution in [0.3, 0.4) is 0 Å². The molecule has 0 aromatic rings. The van der Waals surface area contributed by atoms with Gasteiger partial charge in [-0.25, -0.2) is 4.57 Å². The maximum atomic E-state index is 11.8. The maximum absolute atomic E-state index is 11.8. The molecule has 0 saturated heterocycles. The van der Waals surface area contributed by atoms with Crippen LogP contribution in [-0.4, -0.2) is 28.5 Å². The molecule has 0 aromatic heterocycles. The summed E-state index contributed by atoms with van der Waals surface area (Å²) in [5, 5.41) is 0. The van der Waals surface area contributed by atoms with Crippen molar-refractivity contribution in [2.24, 2.45) is 11.3 Å². The van der Waals surface area contributed by atoms with E-state index < -0.39 is 13.9 Å². The number of rotatable bonds is 4. The average molecular weight is 294 g/mol. The highest BCUT2D eigenvalue weighted by molar-refractivity contribution is 7.46. The van der Waals surface area contributed by atoms with Gasteiger partial charge in [-0.3, -0.25) is 9.32 Å². The summed E-state index contributed by atoms with van der Waals surface area (Å²) in [6.45, 7) is 6.35. The van der Waals surface area contributed by atoms with E-state index in [0.717, 1.165) is 0 Å². The van der Waals surface area contributed by atoms with Crippen LogP contribution in [0.4, 0.5) is 0 Å². The molecule has 112 valence electrons. The Bertz CT molecular complexity index is 348. The molecular weight excluding hydrogens is 271 g/mol. The molecule has 0 heterocycles. The lowest BCUT2D eigenvalue weighted by Crippen LogP contribution is -2.29. The topological polar surface area (TPSA) is 93.1 Å². The molecule has 1 fully saturated rings. The standard InChI is InChI=1S/C12H23O6P/c1-12(2,3)8-17-11(13)9-4-6-10(7-5-9)18-19(14,15)16/h9-10H,4-8H2,1-3H3,(H2,14,15,16). The van der Waals surface area contributed by atoms with Gasteiger partial charge in [0, 0.05) is 0 Å². The van der Waals surface area contributed by atoms with Crippen LogP contribution in [0.5, 0.6) is 0 Å². The third kappa shape index (κ3) is 7.06. The van der Waals surface area contributed by atoms with E-state index in [9.17, 15) is 9.36 Å². The molecular formula is C12H23O6P. The highest BCUT2D eigenvalue weighted by Crippen LogP contribution is 2.41. The van der Waals surface area contributed by atoms with Crippen molar-refractivity contribution in [3.05, 3.63) is 0 Å². The Hall–Kier alpha value is -0.420. The molecule has 19 heavy (non-hydrogen) atoms. The van der Waals surface area contributed by atoms with Gasteiger partial charge in [0.2, 0.25) is 0 Å². The van der Waals surface area contributed by atoms with Crippen LogP contribution in [0.25, 0.3) is 0 Å². The van der Waals surface area contributed by atoms with Crippen molar-refractivity contribution >= 4 is 13.8 Å². The lowest BCUT2D eigenvalue weighted by Gasteiger charge is -2.28. The molecule has 0 radical (unpaired) electrons. The van der Waals surface area contributed by atoms with Crippen LogP contribution in [0, 0.1) is 11.3 Å². The van der Waals surface area contributed by atoms with Gasteiger partial charge >= 0.3 is 13.8 Å². The van der Waals surface area contributed by atoms with E-state index in [1.807, 2.05) is 20.8 Å². The Morgan fingerprint density at radius 3 is 2.16 bits per heavy atom. The highest BCUT2D eigenvalue weighted by Gasteiger charge is 2.31. The van der Waals surface area contributed by atoms with Crippen molar-refractivity contribution in [2.75, 3.05) is 6.61 Å². The zero-order chi connectivity index (χ0) is 14.7. The summed E-state index contributed by atoms with van der Waals surface area (Å²) < 4.78 is 20.6. The van der Waals surface area contributed by atoms with Gasteiger partial charge in [0.15, 0.2) is 0 Å². The molecule has 6 nitrogen and oxygen atoms in total. The quantitative estimate of drug-likeness (QED) is 0.610. The molecule has 0 spiro atoms. The Balaban J connectivity index is 2.33. The fourth-order valence-electron chi connectivity index (χ4n) is 2.00. The molecule has 0 atom stereocenters. The summed E-state index contributed by atoms with van der Waals surface area (Å²) in [5.41, 5.74) is -0.0591. The third-order valence-corrected chi connectivity index (χ3v) is 3.51. The van der Waals surface area contributed by atoms with E-state index in [2.05, 4.69) is 4.52 Å². The Morgan fingerprint density at radius 1 is 1.21 bits per heavy atom. The molecule has 1 saturated carbocycles. The second kappa shape index (κ2) is 6.35. The van der Waals surface area contributed by atoms with Crippen molar-refractivity contribution in [1.82, 2.24) is 0 Å². The monoisotopic (exact) mass is 294 g/mol. The highest BCUT2D eigenvalue weighted by atomic mass is 31.2. The first-order chi connectivity index (χ1) is 8.57. The minimum atomic E-state index is -4.43. The second-order valence-corrected chi connectivity index (χ2v) is 7.43. The number of carbonyl (C=O) groups is 1. The van der Waals surface area contributed by atoms with Gasteiger partial charge in [0.1, 0.15) is 0 Å². The number of hydrogen-bond acceptors (Lipinski definition) is 4. The van der Waals surface area contributed by atoms with E-state index in [4.69, 9.17) is 14.5 Å². The number of ether oxygens (including phenoxy) is 1. The summed E-state index contributed by atoms with van der Waals surface area (Å²) in [7, 11) is -4.43. The maximum Gasteiger partial charge on any atom is 0.469 e. The second-order valence-electron chi connectivity index (χ2n) is 6.24. The van der Waals surface area contributed by atoms with Crippen molar-refractivity contribution in [2.45, 2.75) is 52.6 Å². The van der Waals surface area contributed by atoms with E-state index >= 15 is 0 Å². The molecule has 1 aliphatic rings. The normalized spacial score (nSPS) is 25.1. The van der Waals surface area contributed by atoms with Crippen LogP contribution in [0.15, 0.2) is 0 Å². The van der Waals surface area contributed by atoms with E-state index in [1.165, 1.54) is 0 Å². The largest absolute Gasteiger partial charge is 0.469 e. The van der Waals surface area contributed by atoms with E-state index in [1.54, 1.807) is 0 Å². The molecule has 7 heteroatoms. The number of hydrogen-bond donors (Lipinski definition) is 2. The molecule has 0 bridgehead atoms. The zero-order valence-electron chi connectivity index (χ0n) is 11.7. The van der Waals surface area contributed by atoms with Crippen molar-refractivity contribution < 1.29 is 28.4 Å². The third-order valence-electron chi connectivity index (χ3n) is 2.94. The first-order valence-electron chi connectivity index (χ1n) is 6.47. The lowest BCUT2D eigenvalue weighted by atomic mass is 9.87. The SMILES string of the molecule is CC(C)(C)COC(=O)C1CCC(OP(=O)(O)O)CC1. The fourth-order valence-corrected chi connectivity index (χ4v) is 2.60. The summed E-state index contributed by atoms with van der Waals surface area (Å²) in [6.07, 6.45) is 1.58. The number of carbonyl (C=O) groups excluding carboxylic acids is 1. The summed E-state index contributed by atoms with van der Waals surface area (Å²) >= 11 is 0. The van der Waals surface area contributed by atoms with Crippen LogP contribution in [0.2, 0.25) is 0 Å². The van der Waals surface area contributed by atoms with Crippen LogP contribution < -0.4 is 0 Å². The smallest absolute Gasteiger partial charge is 0.465 e. The molecule has 0 amide bonds. The summed E-state index contributed by atoms with van der Waals surface area (Å²) in [4.78, 5) is 29.3. The number of phosphoric acid groups is 1. The van der Waals surface area contributed by atoms with Gasteiger partial charge in [0.05, 0.1) is 18.6 Å². The molecule has 1 aliphatic carbocycles. The summed E-state index contributed by atoms with van der Waals surface area (Å²) in [5.74, 6) is -0.400. The molecule has 1 rings (SSSR count). The van der Waals surface area contributed by atoms with Crippen molar-refractivity contribution in [3.63, 3.8) is 0 Å². The Labute approximate surface area is 113 Å². The molecule has 0 unspecified atom stereocenters. The van der Waals surface area contributed by atoms with Gasteiger partial charge in [-0.15, -0.1) is 0 Å². The van der Waals surface area contributed by atoms with Crippen molar-refractivity contribution in [3.8, 4) is 0 Å². The lowest BCUT2D eigenvalue weighted by molar-refractivity contribution is -0.153. The van der Waals surface area contributed by atoms with E-state index in [0.29, 0.717) is 32.3 Å². The van der Waals surface area contributed by atoms with E-state index in [-0.39, 0.29) is 17.3 Å².